The number of aryl methyl sites for hydroxylation is 2. The lowest BCUT2D eigenvalue weighted by molar-refractivity contribution is -0.140. The molecule has 0 saturated carbocycles. The molecule has 1 heterocycles. The molecule has 0 saturated heterocycles. The zero-order chi connectivity index (χ0) is 17.2. The van der Waals surface area contributed by atoms with Gasteiger partial charge < -0.3 is 14.3 Å². The van der Waals surface area contributed by atoms with Crippen LogP contribution in [-0.4, -0.2) is 38.6 Å². The van der Waals surface area contributed by atoms with Crippen LogP contribution in [0, 0.1) is 19.8 Å². The Morgan fingerprint density at radius 3 is 2.18 bits per heavy atom. The first-order valence-electron chi connectivity index (χ1n) is 6.46. The standard InChI is InChI=1S/C13H19NO7S/c1-6(2)10(12(15)16)14-22(18,19)11-8(4)21-7(3)9(11)13(17)20-5/h6,10,14H,1-5H3,(H,15,16)/t10-/m0/s1. The molecule has 0 aliphatic rings. The first kappa shape index (κ1) is 18.2. The van der Waals surface area contributed by atoms with Crippen molar-refractivity contribution in [3.8, 4) is 0 Å². The van der Waals surface area contributed by atoms with Crippen LogP contribution in [0.1, 0.15) is 35.7 Å². The molecule has 0 aliphatic carbocycles. The molecule has 0 aliphatic heterocycles. The molecule has 0 radical (unpaired) electrons. The van der Waals surface area contributed by atoms with Gasteiger partial charge in [-0.25, -0.2) is 13.2 Å². The Morgan fingerprint density at radius 2 is 1.77 bits per heavy atom. The number of carbonyl (C=O) groups excluding carboxylic acids is 1. The number of sulfonamides is 1. The van der Waals surface area contributed by atoms with Gasteiger partial charge >= 0.3 is 11.9 Å². The Bertz CT molecular complexity index is 687. The zero-order valence-corrected chi connectivity index (χ0v) is 13.8. The fourth-order valence-corrected chi connectivity index (χ4v) is 3.76. The van der Waals surface area contributed by atoms with Crippen molar-refractivity contribution in [2.75, 3.05) is 7.11 Å². The van der Waals surface area contributed by atoms with Crippen LogP contribution in [0.5, 0.6) is 0 Å². The maximum absolute atomic E-state index is 12.5. The van der Waals surface area contributed by atoms with Crippen LogP contribution in [0.2, 0.25) is 0 Å². The molecule has 0 bridgehead atoms. The van der Waals surface area contributed by atoms with E-state index < -0.39 is 38.8 Å². The number of hydrogen-bond acceptors (Lipinski definition) is 6. The number of nitrogens with one attached hydrogen (secondary N) is 1. The highest BCUT2D eigenvalue weighted by atomic mass is 32.2. The second-order valence-corrected chi connectivity index (χ2v) is 6.74. The lowest BCUT2D eigenvalue weighted by Crippen LogP contribution is -2.44. The monoisotopic (exact) mass is 333 g/mol. The fraction of sp³-hybridized carbons (Fsp3) is 0.538. The summed E-state index contributed by atoms with van der Waals surface area (Å²) in [5, 5.41) is 9.11. The van der Waals surface area contributed by atoms with E-state index >= 15 is 0 Å². The Kier molecular flexibility index (Phi) is 5.36. The number of hydrogen-bond donors (Lipinski definition) is 2. The van der Waals surface area contributed by atoms with Crippen molar-refractivity contribution in [3.05, 3.63) is 17.1 Å². The number of furan rings is 1. The predicted molar refractivity (Wildman–Crippen MR) is 76.1 cm³/mol. The minimum atomic E-state index is -4.27. The first-order chi connectivity index (χ1) is 10.0. The number of carboxylic acids is 1. The number of aliphatic carboxylic acids is 1. The van der Waals surface area contributed by atoms with Gasteiger partial charge in [0, 0.05) is 0 Å². The molecule has 1 rings (SSSR count). The van der Waals surface area contributed by atoms with E-state index in [4.69, 9.17) is 9.52 Å². The van der Waals surface area contributed by atoms with E-state index in [0.717, 1.165) is 7.11 Å². The van der Waals surface area contributed by atoms with Crippen molar-refractivity contribution in [1.29, 1.82) is 0 Å². The highest BCUT2D eigenvalue weighted by Crippen LogP contribution is 2.27. The second kappa shape index (κ2) is 6.49. The fourth-order valence-electron chi connectivity index (χ4n) is 2.02. The van der Waals surface area contributed by atoms with E-state index in [1.807, 2.05) is 0 Å². The quantitative estimate of drug-likeness (QED) is 0.746. The lowest BCUT2D eigenvalue weighted by atomic mass is 10.1. The van der Waals surface area contributed by atoms with Crippen molar-refractivity contribution >= 4 is 22.0 Å². The molecule has 124 valence electrons. The highest BCUT2D eigenvalue weighted by molar-refractivity contribution is 7.89. The first-order valence-corrected chi connectivity index (χ1v) is 7.94. The SMILES string of the molecule is COC(=O)c1c(C)oc(C)c1S(=O)(=O)N[C@H](C(=O)O)C(C)C. The van der Waals surface area contributed by atoms with Gasteiger partial charge in [0.2, 0.25) is 10.0 Å². The van der Waals surface area contributed by atoms with Gasteiger partial charge in [-0.1, -0.05) is 13.8 Å². The second-order valence-electron chi connectivity index (χ2n) is 5.09. The van der Waals surface area contributed by atoms with Gasteiger partial charge in [-0.3, -0.25) is 4.79 Å². The molecule has 0 fully saturated rings. The Morgan fingerprint density at radius 1 is 1.23 bits per heavy atom. The van der Waals surface area contributed by atoms with E-state index in [0.29, 0.717) is 0 Å². The molecule has 1 atom stereocenters. The van der Waals surface area contributed by atoms with Crippen LogP contribution in [0.25, 0.3) is 0 Å². The van der Waals surface area contributed by atoms with Crippen molar-refractivity contribution < 1.29 is 32.3 Å². The molecule has 8 nitrogen and oxygen atoms in total. The summed E-state index contributed by atoms with van der Waals surface area (Å²) in [6.45, 7) is 5.93. The Balaban J connectivity index is 3.41. The normalized spacial score (nSPS) is 13.2. The number of carbonyl (C=O) groups is 2. The van der Waals surface area contributed by atoms with E-state index in [1.54, 1.807) is 13.8 Å². The van der Waals surface area contributed by atoms with E-state index in [1.165, 1.54) is 13.8 Å². The maximum atomic E-state index is 12.5. The van der Waals surface area contributed by atoms with Gasteiger partial charge in [0.05, 0.1) is 7.11 Å². The minimum absolute atomic E-state index is 0.0155. The van der Waals surface area contributed by atoms with Crippen LogP contribution in [0.4, 0.5) is 0 Å². The summed E-state index contributed by atoms with van der Waals surface area (Å²) in [5.74, 6) is -2.59. The number of methoxy groups -OCH3 is 1. The van der Waals surface area contributed by atoms with Gasteiger partial charge in [0.1, 0.15) is 28.0 Å². The van der Waals surface area contributed by atoms with E-state index in [-0.39, 0.29) is 17.1 Å². The Hall–Kier alpha value is -1.87. The molecule has 0 aromatic carbocycles. The van der Waals surface area contributed by atoms with Crippen molar-refractivity contribution in [1.82, 2.24) is 4.72 Å². The molecule has 22 heavy (non-hydrogen) atoms. The molecule has 0 unspecified atom stereocenters. The lowest BCUT2D eigenvalue weighted by Gasteiger charge is -2.18. The molecule has 1 aromatic rings. The average Bonchev–Trinajstić information content (AvgIpc) is 2.70. The topological polar surface area (TPSA) is 123 Å². The summed E-state index contributed by atoms with van der Waals surface area (Å²) in [6.07, 6.45) is 0. The molecule has 1 aromatic heterocycles. The van der Waals surface area contributed by atoms with Crippen LogP contribution in [-0.2, 0) is 19.6 Å². The Labute approximate surface area is 128 Å². The predicted octanol–water partition coefficient (Wildman–Crippen LogP) is 1.07. The number of esters is 1. The molecular weight excluding hydrogens is 314 g/mol. The van der Waals surface area contributed by atoms with E-state index in [9.17, 15) is 18.0 Å². The maximum Gasteiger partial charge on any atom is 0.342 e. The third-order valence-corrected chi connectivity index (χ3v) is 4.67. The van der Waals surface area contributed by atoms with E-state index in [2.05, 4.69) is 9.46 Å². The van der Waals surface area contributed by atoms with Crippen LogP contribution in [0.3, 0.4) is 0 Å². The number of rotatable bonds is 6. The smallest absolute Gasteiger partial charge is 0.342 e. The van der Waals surface area contributed by atoms with Gasteiger partial charge in [-0.05, 0) is 19.8 Å². The van der Waals surface area contributed by atoms with Crippen molar-refractivity contribution in [2.24, 2.45) is 5.92 Å². The molecule has 2 N–H and O–H groups in total. The van der Waals surface area contributed by atoms with Crippen LogP contribution in [0.15, 0.2) is 9.31 Å². The van der Waals surface area contributed by atoms with Crippen LogP contribution < -0.4 is 4.72 Å². The highest BCUT2D eigenvalue weighted by Gasteiger charge is 2.35. The summed E-state index contributed by atoms with van der Waals surface area (Å²) >= 11 is 0. The molecule has 9 heteroatoms. The minimum Gasteiger partial charge on any atom is -0.480 e. The number of ether oxygens (including phenoxy) is 1. The summed E-state index contributed by atoms with van der Waals surface area (Å²) in [6, 6.07) is -1.33. The van der Waals surface area contributed by atoms with Crippen LogP contribution >= 0.6 is 0 Å². The van der Waals surface area contributed by atoms with Gasteiger partial charge in [-0.15, -0.1) is 0 Å². The van der Waals surface area contributed by atoms with Gasteiger partial charge in [0.25, 0.3) is 0 Å². The number of carboxylic acid groups (broad SMARTS) is 1. The van der Waals surface area contributed by atoms with Gasteiger partial charge in [0.15, 0.2) is 0 Å². The third-order valence-electron chi connectivity index (χ3n) is 3.08. The molecule has 0 spiro atoms. The molecular formula is C13H19NO7S. The van der Waals surface area contributed by atoms with Crippen molar-refractivity contribution in [3.63, 3.8) is 0 Å². The third kappa shape index (κ3) is 3.47. The average molecular weight is 333 g/mol. The molecule has 0 amide bonds. The van der Waals surface area contributed by atoms with Crippen molar-refractivity contribution in [2.45, 2.75) is 38.6 Å². The largest absolute Gasteiger partial charge is 0.480 e. The summed E-state index contributed by atoms with van der Waals surface area (Å²) < 4.78 is 36.8. The summed E-state index contributed by atoms with van der Waals surface area (Å²) in [4.78, 5) is 22.6. The zero-order valence-electron chi connectivity index (χ0n) is 13.0. The van der Waals surface area contributed by atoms with Gasteiger partial charge in [-0.2, -0.15) is 4.72 Å². The summed E-state index contributed by atoms with van der Waals surface area (Å²) in [5.41, 5.74) is -0.236. The summed E-state index contributed by atoms with van der Waals surface area (Å²) in [7, 11) is -3.16.